The van der Waals surface area contributed by atoms with Gasteiger partial charge in [0.1, 0.15) is 11.8 Å². The summed E-state index contributed by atoms with van der Waals surface area (Å²) >= 11 is 0. The van der Waals surface area contributed by atoms with E-state index in [1.807, 2.05) is 56.3 Å². The van der Waals surface area contributed by atoms with E-state index in [0.717, 1.165) is 40.7 Å². The van der Waals surface area contributed by atoms with Gasteiger partial charge in [-0.2, -0.15) is 0 Å². The predicted octanol–water partition coefficient (Wildman–Crippen LogP) is 3.75. The lowest BCUT2D eigenvalue weighted by atomic mass is 9.90. The van der Waals surface area contributed by atoms with Gasteiger partial charge in [0.2, 0.25) is 11.8 Å². The Morgan fingerprint density at radius 2 is 1.72 bits per heavy atom. The van der Waals surface area contributed by atoms with Gasteiger partial charge in [0.05, 0.1) is 6.04 Å². The topological polar surface area (TPSA) is 95.7 Å². The Balaban J connectivity index is 1.48. The third kappa shape index (κ3) is 5.77. The number of aromatic hydroxyl groups is 1. The molecule has 3 aromatic carbocycles. The number of carbonyl (C=O) groups excluding carboxylic acids is 2. The molecule has 0 saturated carbocycles. The molecule has 6 heteroatoms. The van der Waals surface area contributed by atoms with Crippen LogP contribution in [-0.4, -0.2) is 41.0 Å². The van der Waals surface area contributed by atoms with E-state index in [4.69, 9.17) is 5.73 Å². The Bertz CT molecular complexity index is 1200. The summed E-state index contributed by atoms with van der Waals surface area (Å²) in [6.07, 6.45) is 2.72. The number of benzene rings is 3. The van der Waals surface area contributed by atoms with Crippen molar-refractivity contribution in [1.29, 1.82) is 0 Å². The summed E-state index contributed by atoms with van der Waals surface area (Å²) in [5.41, 5.74) is 12.4. The normalized spacial score (nSPS) is 15.8. The molecule has 3 aromatic rings. The van der Waals surface area contributed by atoms with Gasteiger partial charge in [0.25, 0.3) is 0 Å². The van der Waals surface area contributed by atoms with Crippen LogP contribution in [0.5, 0.6) is 5.75 Å². The molecule has 1 unspecified atom stereocenters. The van der Waals surface area contributed by atoms with Crippen LogP contribution in [0.1, 0.15) is 45.8 Å². The Labute approximate surface area is 213 Å². The minimum atomic E-state index is -0.786. The molecule has 1 heterocycles. The van der Waals surface area contributed by atoms with E-state index in [0.29, 0.717) is 25.9 Å². The summed E-state index contributed by atoms with van der Waals surface area (Å²) in [5.74, 6) is -0.209. The molecule has 1 aliphatic rings. The van der Waals surface area contributed by atoms with Crippen molar-refractivity contribution >= 4 is 11.8 Å². The summed E-state index contributed by atoms with van der Waals surface area (Å²) in [7, 11) is 0. The standard InChI is InChI=1S/C30H35N3O3/c1-20-17-24(34)18-21(2)26(20)19-27(31)30(36)33-16-14-23-12-6-7-13-25(23)28(33)29(35)32-15-8-11-22-9-4-3-5-10-22/h3-7,9-10,12-13,17-18,27-28,34H,8,11,14-16,19,31H2,1-2H3,(H,32,35)/t27-,28?/m0/s1. The highest BCUT2D eigenvalue weighted by Crippen LogP contribution is 2.31. The maximum absolute atomic E-state index is 13.6. The quantitative estimate of drug-likeness (QED) is 0.424. The van der Waals surface area contributed by atoms with E-state index in [9.17, 15) is 14.7 Å². The third-order valence-electron chi connectivity index (χ3n) is 7.02. The van der Waals surface area contributed by atoms with Gasteiger partial charge in [-0.3, -0.25) is 9.59 Å². The molecule has 4 N–H and O–H groups in total. The van der Waals surface area contributed by atoms with Crippen molar-refractivity contribution < 1.29 is 14.7 Å². The Kier molecular flexibility index (Phi) is 8.06. The van der Waals surface area contributed by atoms with Gasteiger partial charge >= 0.3 is 0 Å². The molecular formula is C30H35N3O3. The van der Waals surface area contributed by atoms with Crippen molar-refractivity contribution in [1.82, 2.24) is 10.2 Å². The van der Waals surface area contributed by atoms with Gasteiger partial charge in [-0.15, -0.1) is 0 Å². The minimum absolute atomic E-state index is 0.173. The highest BCUT2D eigenvalue weighted by Gasteiger charge is 2.37. The van der Waals surface area contributed by atoms with Crippen LogP contribution in [0.25, 0.3) is 0 Å². The highest BCUT2D eigenvalue weighted by atomic mass is 16.3. The second kappa shape index (κ2) is 11.4. The molecule has 0 saturated heterocycles. The fraction of sp³-hybridized carbons (Fsp3) is 0.333. The van der Waals surface area contributed by atoms with Gasteiger partial charge in [-0.25, -0.2) is 0 Å². The summed E-state index contributed by atoms with van der Waals surface area (Å²) in [6, 6.07) is 19.9. The minimum Gasteiger partial charge on any atom is -0.508 e. The maximum atomic E-state index is 13.6. The first-order valence-electron chi connectivity index (χ1n) is 12.6. The van der Waals surface area contributed by atoms with Crippen LogP contribution in [0.2, 0.25) is 0 Å². The number of nitrogens with zero attached hydrogens (tertiary/aromatic N) is 1. The zero-order valence-corrected chi connectivity index (χ0v) is 21.0. The van der Waals surface area contributed by atoms with Crippen LogP contribution < -0.4 is 11.1 Å². The number of amides is 2. The number of hydrogen-bond donors (Lipinski definition) is 3. The molecule has 1 aliphatic heterocycles. The Morgan fingerprint density at radius 1 is 1.06 bits per heavy atom. The van der Waals surface area contributed by atoms with E-state index in [1.165, 1.54) is 5.56 Å². The second-order valence-electron chi connectivity index (χ2n) is 9.63. The van der Waals surface area contributed by atoms with Crippen LogP contribution >= 0.6 is 0 Å². The number of phenolic OH excluding ortho intramolecular Hbond substituents is 1. The van der Waals surface area contributed by atoms with Gasteiger partial charge in [0, 0.05) is 13.1 Å². The molecule has 2 atom stereocenters. The van der Waals surface area contributed by atoms with E-state index in [-0.39, 0.29) is 17.6 Å². The fourth-order valence-electron chi connectivity index (χ4n) is 5.14. The van der Waals surface area contributed by atoms with E-state index < -0.39 is 12.1 Å². The van der Waals surface area contributed by atoms with Crippen LogP contribution in [0.3, 0.4) is 0 Å². The lowest BCUT2D eigenvalue weighted by Gasteiger charge is -2.37. The fourth-order valence-corrected chi connectivity index (χ4v) is 5.14. The third-order valence-corrected chi connectivity index (χ3v) is 7.02. The number of rotatable bonds is 8. The monoisotopic (exact) mass is 485 g/mol. The molecule has 2 amide bonds. The van der Waals surface area contributed by atoms with Crippen molar-refractivity contribution in [2.45, 2.75) is 51.6 Å². The van der Waals surface area contributed by atoms with Gasteiger partial charge < -0.3 is 21.1 Å². The summed E-state index contributed by atoms with van der Waals surface area (Å²) in [6.45, 7) is 4.79. The van der Waals surface area contributed by atoms with Crippen molar-refractivity contribution in [3.63, 3.8) is 0 Å². The Hall–Kier alpha value is -3.64. The molecule has 36 heavy (non-hydrogen) atoms. The maximum Gasteiger partial charge on any atom is 0.247 e. The zero-order chi connectivity index (χ0) is 25.7. The van der Waals surface area contributed by atoms with E-state index >= 15 is 0 Å². The zero-order valence-electron chi connectivity index (χ0n) is 21.0. The SMILES string of the molecule is Cc1cc(O)cc(C)c1C[C@H](N)C(=O)N1CCc2ccccc2C1C(=O)NCCCc1ccccc1. The molecule has 0 fully saturated rings. The molecule has 0 bridgehead atoms. The van der Waals surface area contributed by atoms with Crippen molar-refractivity contribution in [3.05, 3.63) is 100 Å². The lowest BCUT2D eigenvalue weighted by Crippen LogP contribution is -2.53. The number of fused-ring (bicyclic) bond motifs is 1. The number of hydrogen-bond acceptors (Lipinski definition) is 4. The molecule has 188 valence electrons. The van der Waals surface area contributed by atoms with Gasteiger partial charge in [-0.1, -0.05) is 54.6 Å². The van der Waals surface area contributed by atoms with Crippen LogP contribution in [0, 0.1) is 13.8 Å². The first-order valence-corrected chi connectivity index (χ1v) is 12.6. The average molecular weight is 486 g/mol. The summed E-state index contributed by atoms with van der Waals surface area (Å²) in [4.78, 5) is 28.7. The molecular weight excluding hydrogens is 450 g/mol. The van der Waals surface area contributed by atoms with Crippen molar-refractivity contribution in [2.75, 3.05) is 13.1 Å². The Morgan fingerprint density at radius 3 is 2.44 bits per heavy atom. The molecule has 0 radical (unpaired) electrons. The number of phenols is 1. The molecule has 0 aromatic heterocycles. The number of carbonyl (C=O) groups is 2. The second-order valence-corrected chi connectivity index (χ2v) is 9.63. The largest absolute Gasteiger partial charge is 0.508 e. The smallest absolute Gasteiger partial charge is 0.247 e. The van der Waals surface area contributed by atoms with Crippen molar-refractivity contribution in [3.8, 4) is 5.75 Å². The van der Waals surface area contributed by atoms with E-state index in [2.05, 4.69) is 17.4 Å². The first-order chi connectivity index (χ1) is 17.3. The molecule has 0 aliphatic carbocycles. The highest BCUT2D eigenvalue weighted by molar-refractivity contribution is 5.91. The van der Waals surface area contributed by atoms with Crippen molar-refractivity contribution in [2.24, 2.45) is 5.73 Å². The molecule has 6 nitrogen and oxygen atoms in total. The number of nitrogens with one attached hydrogen (secondary N) is 1. The van der Waals surface area contributed by atoms with Crippen LogP contribution in [0.15, 0.2) is 66.7 Å². The summed E-state index contributed by atoms with van der Waals surface area (Å²) < 4.78 is 0. The molecule has 0 spiro atoms. The number of aryl methyl sites for hydroxylation is 3. The van der Waals surface area contributed by atoms with Crippen LogP contribution in [0.4, 0.5) is 0 Å². The number of nitrogens with two attached hydrogens (primary N) is 1. The predicted molar refractivity (Wildman–Crippen MR) is 142 cm³/mol. The lowest BCUT2D eigenvalue weighted by molar-refractivity contribution is -0.142. The first kappa shape index (κ1) is 25.5. The van der Waals surface area contributed by atoms with Gasteiger partial charge in [-0.05, 0) is 85.0 Å². The summed E-state index contributed by atoms with van der Waals surface area (Å²) in [5, 5.41) is 12.9. The van der Waals surface area contributed by atoms with Gasteiger partial charge in [0.15, 0.2) is 0 Å². The van der Waals surface area contributed by atoms with E-state index in [1.54, 1.807) is 17.0 Å². The van der Waals surface area contributed by atoms with Crippen LogP contribution in [-0.2, 0) is 28.9 Å². The average Bonchev–Trinajstić information content (AvgIpc) is 2.88. The molecule has 4 rings (SSSR count).